The highest BCUT2D eigenvalue weighted by molar-refractivity contribution is 5.97. The van der Waals surface area contributed by atoms with Gasteiger partial charge < -0.3 is 14.5 Å². The van der Waals surface area contributed by atoms with Gasteiger partial charge in [0.15, 0.2) is 11.5 Å². The first-order valence-electron chi connectivity index (χ1n) is 6.92. The maximum Gasteiger partial charge on any atom is 0.251 e. The van der Waals surface area contributed by atoms with Gasteiger partial charge in [-0.1, -0.05) is 13.8 Å². The van der Waals surface area contributed by atoms with Gasteiger partial charge in [0.05, 0.1) is 12.6 Å². The molecule has 0 spiro atoms. The van der Waals surface area contributed by atoms with E-state index in [1.807, 2.05) is 13.8 Å². The number of amides is 1. The van der Waals surface area contributed by atoms with Crippen molar-refractivity contribution in [3.8, 4) is 0 Å². The highest BCUT2D eigenvalue weighted by Crippen LogP contribution is 2.22. The summed E-state index contributed by atoms with van der Waals surface area (Å²) >= 11 is 0. The van der Waals surface area contributed by atoms with Crippen molar-refractivity contribution in [1.29, 1.82) is 0 Å². The Bertz CT molecular complexity index is 627. The van der Waals surface area contributed by atoms with Gasteiger partial charge in [-0.05, 0) is 24.6 Å². The molecule has 3 rings (SSSR count). The molecule has 0 aliphatic carbocycles. The van der Waals surface area contributed by atoms with E-state index in [1.54, 1.807) is 18.2 Å². The van der Waals surface area contributed by atoms with Crippen molar-refractivity contribution >= 4 is 17.0 Å². The molecule has 1 aliphatic heterocycles. The SMILES string of the molecule is CC(C)c1nc2cc(C(=O)NC3CCOC3)ccc2o1. The molecule has 0 radical (unpaired) electrons. The van der Waals surface area contributed by atoms with Crippen molar-refractivity contribution in [3.05, 3.63) is 29.7 Å². The van der Waals surface area contributed by atoms with E-state index in [0.717, 1.165) is 17.5 Å². The fraction of sp³-hybridized carbons (Fsp3) is 0.467. The van der Waals surface area contributed by atoms with E-state index in [4.69, 9.17) is 9.15 Å². The molecule has 1 unspecified atom stereocenters. The lowest BCUT2D eigenvalue weighted by Crippen LogP contribution is -2.34. The standard InChI is InChI=1S/C15H18N2O3/c1-9(2)15-17-12-7-10(3-4-13(12)20-15)14(18)16-11-5-6-19-8-11/h3-4,7,9,11H,5-6,8H2,1-2H3,(H,16,18). The fourth-order valence-electron chi connectivity index (χ4n) is 2.25. The first-order chi connectivity index (χ1) is 9.63. The Labute approximate surface area is 117 Å². The summed E-state index contributed by atoms with van der Waals surface area (Å²) in [6.45, 7) is 5.36. The molecule has 1 fully saturated rings. The molecule has 0 bridgehead atoms. The van der Waals surface area contributed by atoms with Gasteiger partial charge in [0.1, 0.15) is 5.52 Å². The number of hydrogen-bond donors (Lipinski definition) is 1. The number of oxazole rings is 1. The summed E-state index contributed by atoms with van der Waals surface area (Å²) in [6.07, 6.45) is 0.870. The van der Waals surface area contributed by atoms with Crippen LogP contribution in [0, 0.1) is 0 Å². The quantitative estimate of drug-likeness (QED) is 0.933. The fourth-order valence-corrected chi connectivity index (χ4v) is 2.25. The molecule has 1 atom stereocenters. The molecule has 1 saturated heterocycles. The Hall–Kier alpha value is -1.88. The van der Waals surface area contributed by atoms with E-state index in [2.05, 4.69) is 10.3 Å². The molecule has 1 aromatic carbocycles. The number of nitrogens with zero attached hydrogens (tertiary/aromatic N) is 1. The zero-order chi connectivity index (χ0) is 14.1. The normalized spacial score (nSPS) is 18.9. The lowest BCUT2D eigenvalue weighted by Gasteiger charge is -2.10. The minimum atomic E-state index is -0.0866. The number of fused-ring (bicyclic) bond motifs is 1. The largest absolute Gasteiger partial charge is 0.440 e. The van der Waals surface area contributed by atoms with E-state index in [1.165, 1.54) is 0 Å². The van der Waals surface area contributed by atoms with Crippen LogP contribution in [0.4, 0.5) is 0 Å². The molecular weight excluding hydrogens is 256 g/mol. The summed E-state index contributed by atoms with van der Waals surface area (Å²) in [5.74, 6) is 0.841. The average Bonchev–Trinajstić information content (AvgIpc) is 3.05. The van der Waals surface area contributed by atoms with Gasteiger partial charge in [0.25, 0.3) is 5.91 Å². The number of carbonyl (C=O) groups excluding carboxylic acids is 1. The van der Waals surface area contributed by atoms with Gasteiger partial charge in [-0.3, -0.25) is 4.79 Å². The Morgan fingerprint density at radius 2 is 2.30 bits per heavy atom. The van der Waals surface area contributed by atoms with E-state index in [0.29, 0.717) is 24.7 Å². The third-order valence-corrected chi connectivity index (χ3v) is 3.43. The van der Waals surface area contributed by atoms with Crippen LogP contribution in [0.1, 0.15) is 42.4 Å². The molecular formula is C15H18N2O3. The predicted molar refractivity (Wildman–Crippen MR) is 74.8 cm³/mol. The number of nitrogens with one attached hydrogen (secondary N) is 1. The van der Waals surface area contributed by atoms with Gasteiger partial charge in [0.2, 0.25) is 0 Å². The number of hydrogen-bond acceptors (Lipinski definition) is 4. The van der Waals surface area contributed by atoms with Crippen LogP contribution in [0.2, 0.25) is 0 Å². The van der Waals surface area contributed by atoms with Gasteiger partial charge in [0, 0.05) is 18.1 Å². The van der Waals surface area contributed by atoms with Crippen LogP contribution in [0.3, 0.4) is 0 Å². The Balaban J connectivity index is 1.82. The van der Waals surface area contributed by atoms with E-state index < -0.39 is 0 Å². The number of ether oxygens (including phenoxy) is 1. The number of rotatable bonds is 3. The van der Waals surface area contributed by atoms with Crippen molar-refractivity contribution in [2.45, 2.75) is 32.2 Å². The smallest absolute Gasteiger partial charge is 0.251 e. The van der Waals surface area contributed by atoms with Gasteiger partial charge in [-0.25, -0.2) is 4.98 Å². The van der Waals surface area contributed by atoms with Gasteiger partial charge in [-0.2, -0.15) is 0 Å². The Kier molecular flexibility index (Phi) is 3.44. The van der Waals surface area contributed by atoms with Crippen LogP contribution < -0.4 is 5.32 Å². The Morgan fingerprint density at radius 1 is 1.45 bits per heavy atom. The first kappa shape index (κ1) is 13.1. The van der Waals surface area contributed by atoms with Crippen LogP contribution in [0.25, 0.3) is 11.1 Å². The minimum absolute atomic E-state index is 0.0866. The highest BCUT2D eigenvalue weighted by Gasteiger charge is 2.19. The van der Waals surface area contributed by atoms with Crippen molar-refractivity contribution in [2.24, 2.45) is 0 Å². The van der Waals surface area contributed by atoms with Crippen molar-refractivity contribution in [3.63, 3.8) is 0 Å². The van der Waals surface area contributed by atoms with Crippen LogP contribution >= 0.6 is 0 Å². The van der Waals surface area contributed by atoms with Crippen molar-refractivity contribution in [1.82, 2.24) is 10.3 Å². The van der Waals surface area contributed by atoms with Crippen molar-refractivity contribution in [2.75, 3.05) is 13.2 Å². The molecule has 2 heterocycles. The molecule has 106 valence electrons. The summed E-state index contributed by atoms with van der Waals surface area (Å²) in [5, 5.41) is 2.97. The lowest BCUT2D eigenvalue weighted by molar-refractivity contribution is 0.0930. The summed E-state index contributed by atoms with van der Waals surface area (Å²) in [7, 11) is 0. The highest BCUT2D eigenvalue weighted by atomic mass is 16.5. The van der Waals surface area contributed by atoms with Gasteiger partial charge in [-0.15, -0.1) is 0 Å². The monoisotopic (exact) mass is 274 g/mol. The average molecular weight is 274 g/mol. The summed E-state index contributed by atoms with van der Waals surface area (Å²) in [6, 6.07) is 5.45. The predicted octanol–water partition coefficient (Wildman–Crippen LogP) is 2.47. The molecule has 1 amide bonds. The van der Waals surface area contributed by atoms with E-state index in [-0.39, 0.29) is 17.9 Å². The van der Waals surface area contributed by atoms with E-state index in [9.17, 15) is 4.79 Å². The molecule has 1 aliphatic rings. The molecule has 20 heavy (non-hydrogen) atoms. The summed E-state index contributed by atoms with van der Waals surface area (Å²) in [5.41, 5.74) is 2.05. The zero-order valence-corrected chi connectivity index (χ0v) is 11.7. The van der Waals surface area contributed by atoms with Crippen LogP contribution in [0.5, 0.6) is 0 Å². The Morgan fingerprint density at radius 3 is 3.00 bits per heavy atom. The summed E-state index contributed by atoms with van der Waals surface area (Å²) < 4.78 is 10.9. The second-order valence-corrected chi connectivity index (χ2v) is 5.42. The molecule has 1 N–H and O–H groups in total. The molecule has 5 heteroatoms. The van der Waals surface area contributed by atoms with Crippen LogP contribution in [0.15, 0.2) is 22.6 Å². The van der Waals surface area contributed by atoms with E-state index >= 15 is 0 Å². The minimum Gasteiger partial charge on any atom is -0.440 e. The van der Waals surface area contributed by atoms with Crippen molar-refractivity contribution < 1.29 is 13.9 Å². The molecule has 5 nitrogen and oxygen atoms in total. The van der Waals surface area contributed by atoms with Gasteiger partial charge >= 0.3 is 0 Å². The number of benzene rings is 1. The summed E-state index contributed by atoms with van der Waals surface area (Å²) in [4.78, 5) is 16.6. The maximum absolute atomic E-state index is 12.2. The topological polar surface area (TPSA) is 64.4 Å². The molecule has 0 saturated carbocycles. The maximum atomic E-state index is 12.2. The number of carbonyl (C=O) groups is 1. The second kappa shape index (κ2) is 5.25. The molecule has 2 aromatic rings. The third kappa shape index (κ3) is 2.54. The lowest BCUT2D eigenvalue weighted by atomic mass is 10.1. The number of aromatic nitrogens is 1. The first-order valence-corrected chi connectivity index (χ1v) is 6.92. The van der Waals surface area contributed by atoms with Crippen LogP contribution in [-0.4, -0.2) is 30.1 Å². The third-order valence-electron chi connectivity index (χ3n) is 3.43. The molecule has 1 aromatic heterocycles. The van der Waals surface area contributed by atoms with Crippen LogP contribution in [-0.2, 0) is 4.74 Å². The zero-order valence-electron chi connectivity index (χ0n) is 11.7. The second-order valence-electron chi connectivity index (χ2n) is 5.42.